The van der Waals surface area contributed by atoms with E-state index in [1.165, 1.54) is 0 Å². The standard InChI is InChI=1S/C16H21BN2O3/c1-10-18-13-8-7-11(9-12(13)14(20)19(10)6)17-21-15(2,3)16(4,5)22-17/h7-9H,1-6H3. The molecule has 1 aromatic heterocycles. The van der Waals surface area contributed by atoms with E-state index in [0.29, 0.717) is 16.7 Å². The molecule has 22 heavy (non-hydrogen) atoms. The maximum Gasteiger partial charge on any atom is 0.494 e. The van der Waals surface area contributed by atoms with E-state index in [2.05, 4.69) is 4.98 Å². The van der Waals surface area contributed by atoms with Crippen molar-refractivity contribution in [3.05, 3.63) is 34.4 Å². The molecule has 0 bridgehead atoms. The quantitative estimate of drug-likeness (QED) is 0.750. The lowest BCUT2D eigenvalue weighted by molar-refractivity contribution is 0.00578. The second-order valence-corrected chi connectivity index (χ2v) is 6.89. The molecule has 6 heteroatoms. The average Bonchev–Trinajstić information content (AvgIpc) is 2.65. The van der Waals surface area contributed by atoms with Gasteiger partial charge in [0.25, 0.3) is 5.56 Å². The average molecular weight is 300 g/mol. The van der Waals surface area contributed by atoms with E-state index in [1.807, 2.05) is 52.8 Å². The van der Waals surface area contributed by atoms with Gasteiger partial charge in [-0.1, -0.05) is 6.07 Å². The summed E-state index contributed by atoms with van der Waals surface area (Å²) in [6.45, 7) is 9.87. The van der Waals surface area contributed by atoms with Crippen LogP contribution in [0.2, 0.25) is 0 Å². The molecule has 3 rings (SSSR count). The first-order chi connectivity index (χ1) is 10.1. The number of hydrogen-bond acceptors (Lipinski definition) is 4. The zero-order chi connectivity index (χ0) is 16.3. The Labute approximate surface area is 130 Å². The molecule has 1 aliphatic heterocycles. The van der Waals surface area contributed by atoms with Gasteiger partial charge in [0, 0.05) is 7.05 Å². The normalized spacial score (nSPS) is 19.8. The number of fused-ring (bicyclic) bond motifs is 1. The smallest absolute Gasteiger partial charge is 0.399 e. The SMILES string of the molecule is Cc1nc2ccc(B3OC(C)(C)C(C)(C)O3)cc2c(=O)n1C. The molecular weight excluding hydrogens is 279 g/mol. The molecule has 0 unspecified atom stereocenters. The van der Waals surface area contributed by atoms with Crippen LogP contribution in [0.4, 0.5) is 0 Å². The summed E-state index contributed by atoms with van der Waals surface area (Å²) in [5.41, 5.74) is 0.683. The third-order valence-electron chi connectivity index (χ3n) is 4.85. The van der Waals surface area contributed by atoms with Crippen LogP contribution in [0.15, 0.2) is 23.0 Å². The van der Waals surface area contributed by atoms with Gasteiger partial charge in [0.1, 0.15) is 5.82 Å². The lowest BCUT2D eigenvalue weighted by Crippen LogP contribution is -2.41. The van der Waals surface area contributed by atoms with Crippen LogP contribution in [0.1, 0.15) is 33.5 Å². The molecule has 2 heterocycles. The number of hydrogen-bond donors (Lipinski definition) is 0. The molecular formula is C16H21BN2O3. The molecule has 116 valence electrons. The van der Waals surface area contributed by atoms with Gasteiger partial charge >= 0.3 is 7.12 Å². The minimum Gasteiger partial charge on any atom is -0.399 e. The summed E-state index contributed by atoms with van der Waals surface area (Å²) in [7, 11) is 1.26. The highest BCUT2D eigenvalue weighted by Gasteiger charge is 2.51. The van der Waals surface area contributed by atoms with Gasteiger partial charge in [-0.3, -0.25) is 9.36 Å². The van der Waals surface area contributed by atoms with Gasteiger partial charge in [-0.2, -0.15) is 0 Å². The molecule has 1 aromatic carbocycles. The van der Waals surface area contributed by atoms with E-state index in [0.717, 1.165) is 5.46 Å². The van der Waals surface area contributed by atoms with E-state index < -0.39 is 18.3 Å². The maximum atomic E-state index is 12.4. The Morgan fingerprint density at radius 1 is 1.14 bits per heavy atom. The van der Waals surface area contributed by atoms with Crippen molar-refractivity contribution in [2.45, 2.75) is 45.8 Å². The van der Waals surface area contributed by atoms with Crippen molar-refractivity contribution in [3.63, 3.8) is 0 Å². The van der Waals surface area contributed by atoms with Gasteiger partial charge < -0.3 is 9.31 Å². The van der Waals surface area contributed by atoms with Gasteiger partial charge in [-0.25, -0.2) is 4.98 Å². The highest BCUT2D eigenvalue weighted by Crippen LogP contribution is 2.36. The first kappa shape index (κ1) is 15.2. The lowest BCUT2D eigenvalue weighted by atomic mass is 9.78. The van der Waals surface area contributed by atoms with E-state index in [4.69, 9.17) is 9.31 Å². The van der Waals surface area contributed by atoms with Crippen molar-refractivity contribution in [2.24, 2.45) is 7.05 Å². The van der Waals surface area contributed by atoms with Gasteiger partial charge in [-0.05, 0) is 52.2 Å². The Morgan fingerprint density at radius 2 is 1.73 bits per heavy atom. The molecule has 1 aliphatic rings. The molecule has 0 amide bonds. The van der Waals surface area contributed by atoms with Crippen LogP contribution in [0.3, 0.4) is 0 Å². The van der Waals surface area contributed by atoms with Crippen LogP contribution in [0.25, 0.3) is 10.9 Å². The van der Waals surface area contributed by atoms with Crippen LogP contribution in [0, 0.1) is 6.92 Å². The topological polar surface area (TPSA) is 53.4 Å². The van der Waals surface area contributed by atoms with Gasteiger partial charge in [0.2, 0.25) is 0 Å². The highest BCUT2D eigenvalue weighted by molar-refractivity contribution is 6.62. The third-order valence-corrected chi connectivity index (χ3v) is 4.85. The van der Waals surface area contributed by atoms with Crippen LogP contribution in [-0.2, 0) is 16.4 Å². The van der Waals surface area contributed by atoms with Crippen molar-refractivity contribution in [2.75, 3.05) is 0 Å². The van der Waals surface area contributed by atoms with Gasteiger partial charge in [-0.15, -0.1) is 0 Å². The molecule has 0 atom stereocenters. The maximum absolute atomic E-state index is 12.4. The zero-order valence-corrected chi connectivity index (χ0v) is 13.9. The Morgan fingerprint density at radius 3 is 2.32 bits per heavy atom. The largest absolute Gasteiger partial charge is 0.494 e. The van der Waals surface area contributed by atoms with Crippen LogP contribution >= 0.6 is 0 Å². The van der Waals surface area contributed by atoms with Crippen LogP contribution in [-0.4, -0.2) is 27.9 Å². The first-order valence-corrected chi connectivity index (χ1v) is 7.45. The predicted octanol–water partition coefficient (Wildman–Crippen LogP) is 1.54. The molecule has 0 aliphatic carbocycles. The fraction of sp³-hybridized carbons (Fsp3) is 0.500. The second kappa shape index (κ2) is 4.67. The predicted molar refractivity (Wildman–Crippen MR) is 87.4 cm³/mol. The fourth-order valence-corrected chi connectivity index (χ4v) is 2.53. The van der Waals surface area contributed by atoms with Crippen molar-refractivity contribution in [1.82, 2.24) is 9.55 Å². The number of aromatic nitrogens is 2. The summed E-state index contributed by atoms with van der Waals surface area (Å²) in [5.74, 6) is 0.695. The summed E-state index contributed by atoms with van der Waals surface area (Å²) in [6, 6.07) is 5.59. The Bertz CT molecular complexity index is 795. The molecule has 5 nitrogen and oxygen atoms in total. The molecule has 1 saturated heterocycles. The molecule has 0 spiro atoms. The van der Waals surface area contributed by atoms with Crippen molar-refractivity contribution in [1.29, 1.82) is 0 Å². The first-order valence-electron chi connectivity index (χ1n) is 7.45. The van der Waals surface area contributed by atoms with E-state index in [-0.39, 0.29) is 5.56 Å². The number of nitrogens with zero attached hydrogens (tertiary/aromatic N) is 2. The summed E-state index contributed by atoms with van der Waals surface area (Å²) in [6.07, 6.45) is 0. The number of benzene rings is 1. The van der Waals surface area contributed by atoms with E-state index in [9.17, 15) is 4.79 Å². The van der Waals surface area contributed by atoms with Crippen molar-refractivity contribution in [3.8, 4) is 0 Å². The molecule has 0 N–H and O–H groups in total. The van der Waals surface area contributed by atoms with Crippen molar-refractivity contribution < 1.29 is 9.31 Å². The van der Waals surface area contributed by atoms with E-state index >= 15 is 0 Å². The fourth-order valence-electron chi connectivity index (χ4n) is 2.53. The summed E-state index contributed by atoms with van der Waals surface area (Å²) in [4.78, 5) is 16.9. The monoisotopic (exact) mass is 300 g/mol. The number of aryl methyl sites for hydroxylation is 1. The summed E-state index contributed by atoms with van der Waals surface area (Å²) < 4.78 is 13.6. The minimum atomic E-state index is -0.472. The minimum absolute atomic E-state index is 0.0548. The molecule has 1 fully saturated rings. The summed E-state index contributed by atoms with van der Waals surface area (Å²) >= 11 is 0. The Kier molecular flexibility index (Phi) is 3.24. The molecule has 0 radical (unpaired) electrons. The van der Waals surface area contributed by atoms with Crippen molar-refractivity contribution >= 4 is 23.5 Å². The second-order valence-electron chi connectivity index (χ2n) is 6.89. The Hall–Kier alpha value is -1.66. The number of rotatable bonds is 1. The van der Waals surface area contributed by atoms with Crippen LogP contribution < -0.4 is 11.0 Å². The third kappa shape index (κ3) is 2.18. The van der Waals surface area contributed by atoms with Crippen LogP contribution in [0.5, 0.6) is 0 Å². The molecule has 2 aromatic rings. The zero-order valence-electron chi connectivity index (χ0n) is 13.9. The van der Waals surface area contributed by atoms with E-state index in [1.54, 1.807) is 11.6 Å². The van der Waals surface area contributed by atoms with Gasteiger partial charge in [0.05, 0.1) is 22.1 Å². The Balaban J connectivity index is 2.09. The highest BCUT2D eigenvalue weighted by atomic mass is 16.7. The lowest BCUT2D eigenvalue weighted by Gasteiger charge is -2.32. The summed E-state index contributed by atoms with van der Waals surface area (Å²) in [5, 5.41) is 0.584. The molecule has 0 saturated carbocycles. The van der Waals surface area contributed by atoms with Gasteiger partial charge in [0.15, 0.2) is 0 Å².